The van der Waals surface area contributed by atoms with Gasteiger partial charge in [0.25, 0.3) is 0 Å². The monoisotopic (exact) mass is 240 g/mol. The van der Waals surface area contributed by atoms with Gasteiger partial charge in [-0.15, -0.1) is 0 Å². The summed E-state index contributed by atoms with van der Waals surface area (Å²) in [5.74, 6) is -0.549. The molecule has 1 amide bonds. The highest BCUT2D eigenvalue weighted by atomic mass is 16.5. The maximum Gasteiger partial charge on any atom is 0.305 e. The number of carbonyl (C=O) groups excluding carboxylic acids is 1. The van der Waals surface area contributed by atoms with Gasteiger partial charge in [0, 0.05) is 11.6 Å². The van der Waals surface area contributed by atoms with E-state index >= 15 is 0 Å². The number of rotatable bonds is 5. The van der Waals surface area contributed by atoms with E-state index in [1.165, 1.54) is 0 Å². The van der Waals surface area contributed by atoms with Gasteiger partial charge in [0.2, 0.25) is 5.91 Å². The first-order chi connectivity index (χ1) is 7.90. The summed E-state index contributed by atoms with van der Waals surface area (Å²) in [6.45, 7) is 5.16. The van der Waals surface area contributed by atoms with E-state index in [2.05, 4.69) is 10.5 Å². The van der Waals surface area contributed by atoms with Gasteiger partial charge in [-0.05, 0) is 20.8 Å². The molecule has 0 aliphatic heterocycles. The quantitative estimate of drug-likeness (QED) is 0.794. The number of nitrogens with zero attached hydrogens (tertiary/aromatic N) is 1. The van der Waals surface area contributed by atoms with Crippen molar-refractivity contribution in [3.8, 4) is 0 Å². The molecule has 0 bridgehead atoms. The number of carboxylic acid groups (broad SMARTS) is 1. The van der Waals surface area contributed by atoms with Crippen molar-refractivity contribution in [3.05, 3.63) is 17.0 Å². The number of aryl methyl sites for hydroxylation is 2. The third-order valence-electron chi connectivity index (χ3n) is 2.41. The van der Waals surface area contributed by atoms with E-state index < -0.39 is 5.97 Å². The van der Waals surface area contributed by atoms with Crippen LogP contribution < -0.4 is 5.32 Å². The molecule has 0 saturated carbocycles. The molecule has 1 aromatic rings. The van der Waals surface area contributed by atoms with Crippen LogP contribution in [0.3, 0.4) is 0 Å². The lowest BCUT2D eigenvalue weighted by Crippen LogP contribution is -2.35. The molecule has 94 valence electrons. The summed E-state index contributed by atoms with van der Waals surface area (Å²) in [6, 6.07) is -0.388. The third kappa shape index (κ3) is 3.90. The molecule has 1 aromatic heterocycles. The third-order valence-corrected chi connectivity index (χ3v) is 2.41. The Kier molecular flexibility index (Phi) is 4.25. The highest BCUT2D eigenvalue weighted by molar-refractivity contribution is 5.80. The molecular weight excluding hydrogens is 224 g/mol. The summed E-state index contributed by atoms with van der Waals surface area (Å²) in [7, 11) is 0. The fraction of sp³-hybridized carbons (Fsp3) is 0.545. The second-order valence-electron chi connectivity index (χ2n) is 4.05. The highest BCUT2D eigenvalue weighted by Gasteiger charge is 2.15. The Balaban J connectivity index is 2.53. The van der Waals surface area contributed by atoms with Crippen LogP contribution in [0.2, 0.25) is 0 Å². The lowest BCUT2D eigenvalue weighted by atomic mass is 10.1. The zero-order chi connectivity index (χ0) is 13.0. The van der Waals surface area contributed by atoms with Crippen LogP contribution in [-0.2, 0) is 16.0 Å². The lowest BCUT2D eigenvalue weighted by Gasteiger charge is -2.11. The van der Waals surface area contributed by atoms with Crippen LogP contribution in [-0.4, -0.2) is 28.2 Å². The smallest absolute Gasteiger partial charge is 0.305 e. The number of aliphatic carboxylic acids is 1. The first-order valence-corrected chi connectivity index (χ1v) is 5.33. The molecule has 0 fully saturated rings. The molecule has 0 spiro atoms. The molecule has 6 nitrogen and oxygen atoms in total. The largest absolute Gasteiger partial charge is 0.481 e. The number of aromatic nitrogens is 1. The average molecular weight is 240 g/mol. The Morgan fingerprint density at radius 3 is 2.59 bits per heavy atom. The molecule has 0 aromatic carbocycles. The normalized spacial score (nSPS) is 12.2. The topological polar surface area (TPSA) is 92.4 Å². The van der Waals surface area contributed by atoms with Gasteiger partial charge in [0.05, 0.1) is 18.5 Å². The minimum Gasteiger partial charge on any atom is -0.481 e. The van der Waals surface area contributed by atoms with Crippen LogP contribution in [0, 0.1) is 13.8 Å². The number of hydrogen-bond acceptors (Lipinski definition) is 4. The highest BCUT2D eigenvalue weighted by Crippen LogP contribution is 2.12. The number of amides is 1. The second kappa shape index (κ2) is 5.47. The van der Waals surface area contributed by atoms with Gasteiger partial charge < -0.3 is 14.9 Å². The predicted molar refractivity (Wildman–Crippen MR) is 59.5 cm³/mol. The first kappa shape index (κ1) is 13.2. The molecule has 0 radical (unpaired) electrons. The van der Waals surface area contributed by atoms with Crippen LogP contribution in [0.1, 0.15) is 30.4 Å². The van der Waals surface area contributed by atoms with E-state index in [-0.39, 0.29) is 24.8 Å². The SMILES string of the molecule is Cc1noc(C)c1CC(=O)NC(C)CC(=O)O. The van der Waals surface area contributed by atoms with E-state index in [1.54, 1.807) is 20.8 Å². The fourth-order valence-electron chi connectivity index (χ4n) is 1.55. The molecule has 0 saturated heterocycles. The van der Waals surface area contributed by atoms with E-state index in [1.807, 2.05) is 0 Å². The Morgan fingerprint density at radius 2 is 2.12 bits per heavy atom. The summed E-state index contributed by atoms with van der Waals surface area (Å²) in [5, 5.41) is 14.9. The Morgan fingerprint density at radius 1 is 1.47 bits per heavy atom. The zero-order valence-electron chi connectivity index (χ0n) is 10.1. The first-order valence-electron chi connectivity index (χ1n) is 5.33. The number of carbonyl (C=O) groups is 2. The Bertz CT molecular complexity index is 406. The van der Waals surface area contributed by atoms with Crippen LogP contribution in [0.5, 0.6) is 0 Å². The molecule has 2 N–H and O–H groups in total. The minimum atomic E-state index is -0.935. The van der Waals surface area contributed by atoms with Crippen molar-refractivity contribution in [2.24, 2.45) is 0 Å². The lowest BCUT2D eigenvalue weighted by molar-refractivity contribution is -0.137. The fourth-order valence-corrected chi connectivity index (χ4v) is 1.55. The van der Waals surface area contributed by atoms with Crippen LogP contribution in [0.4, 0.5) is 0 Å². The summed E-state index contributed by atoms with van der Waals surface area (Å²) < 4.78 is 4.94. The van der Waals surface area contributed by atoms with Gasteiger partial charge >= 0.3 is 5.97 Å². The maximum absolute atomic E-state index is 11.6. The van der Waals surface area contributed by atoms with Gasteiger partial charge in [-0.25, -0.2) is 0 Å². The summed E-state index contributed by atoms with van der Waals surface area (Å²) in [6.07, 6.45) is 0.0679. The maximum atomic E-state index is 11.6. The molecule has 0 aliphatic carbocycles. The average Bonchev–Trinajstić information content (AvgIpc) is 2.47. The molecule has 6 heteroatoms. The van der Waals surface area contributed by atoms with E-state index in [4.69, 9.17) is 9.63 Å². The number of carboxylic acids is 1. The predicted octanol–water partition coefficient (Wildman–Crippen LogP) is 0.813. The minimum absolute atomic E-state index is 0.0899. The van der Waals surface area contributed by atoms with E-state index in [0.29, 0.717) is 11.5 Å². The molecule has 1 rings (SSSR count). The van der Waals surface area contributed by atoms with Crippen LogP contribution >= 0.6 is 0 Å². The van der Waals surface area contributed by atoms with Crippen molar-refractivity contribution in [2.45, 2.75) is 39.7 Å². The van der Waals surface area contributed by atoms with Gasteiger partial charge in [0.15, 0.2) is 0 Å². The van der Waals surface area contributed by atoms with Gasteiger partial charge in [-0.1, -0.05) is 5.16 Å². The number of hydrogen-bond donors (Lipinski definition) is 2. The molecule has 17 heavy (non-hydrogen) atoms. The van der Waals surface area contributed by atoms with Crippen molar-refractivity contribution in [1.82, 2.24) is 10.5 Å². The zero-order valence-corrected chi connectivity index (χ0v) is 10.1. The Hall–Kier alpha value is -1.85. The second-order valence-corrected chi connectivity index (χ2v) is 4.05. The van der Waals surface area contributed by atoms with Crippen molar-refractivity contribution >= 4 is 11.9 Å². The summed E-state index contributed by atoms with van der Waals surface area (Å²) in [5.41, 5.74) is 1.44. The molecule has 1 atom stereocenters. The van der Waals surface area contributed by atoms with Crippen LogP contribution in [0.25, 0.3) is 0 Å². The summed E-state index contributed by atoms with van der Waals surface area (Å²) in [4.78, 5) is 22.1. The van der Waals surface area contributed by atoms with Crippen LogP contribution in [0.15, 0.2) is 4.52 Å². The number of nitrogens with one attached hydrogen (secondary N) is 1. The van der Waals surface area contributed by atoms with Crippen molar-refractivity contribution < 1.29 is 19.2 Å². The Labute approximate surface area is 99.0 Å². The molecule has 0 aliphatic rings. The van der Waals surface area contributed by atoms with E-state index in [0.717, 1.165) is 5.56 Å². The van der Waals surface area contributed by atoms with Crippen molar-refractivity contribution in [2.75, 3.05) is 0 Å². The summed E-state index contributed by atoms with van der Waals surface area (Å²) >= 11 is 0. The van der Waals surface area contributed by atoms with Gasteiger partial charge in [-0.2, -0.15) is 0 Å². The van der Waals surface area contributed by atoms with E-state index in [9.17, 15) is 9.59 Å². The van der Waals surface area contributed by atoms with Crippen molar-refractivity contribution in [3.63, 3.8) is 0 Å². The standard InChI is InChI=1S/C11H16N2O4/c1-6(4-11(15)16)12-10(14)5-9-7(2)13-17-8(9)3/h6H,4-5H2,1-3H3,(H,12,14)(H,15,16). The molecular formula is C11H16N2O4. The molecule has 1 heterocycles. The molecule has 1 unspecified atom stereocenters. The van der Waals surface area contributed by atoms with Gasteiger partial charge in [-0.3, -0.25) is 9.59 Å². The van der Waals surface area contributed by atoms with Crippen molar-refractivity contribution in [1.29, 1.82) is 0 Å². The van der Waals surface area contributed by atoms with Gasteiger partial charge in [0.1, 0.15) is 5.76 Å².